The number of carbonyl (C=O) groups is 1. The number of esters is 1. The largest absolute Gasteiger partial charge is 0.464 e. The minimum atomic E-state index is -1.04. The van der Waals surface area contributed by atoms with Crippen LogP contribution in [0.2, 0.25) is 0 Å². The van der Waals surface area contributed by atoms with E-state index in [9.17, 15) is 13.4 Å². The van der Waals surface area contributed by atoms with Crippen LogP contribution in [-0.4, -0.2) is 23.0 Å². The number of ether oxygens (including phenoxy) is 1. The van der Waals surface area contributed by atoms with E-state index in [4.69, 9.17) is 11.2 Å². The van der Waals surface area contributed by atoms with E-state index < -0.39 is 10.8 Å². The van der Waals surface area contributed by atoms with Gasteiger partial charge in [-0.15, -0.1) is 12.3 Å². The summed E-state index contributed by atoms with van der Waals surface area (Å²) in [5.74, 6) is 1.68. The molecular weight excluding hydrogens is 387 g/mol. The van der Waals surface area contributed by atoms with E-state index in [1.807, 2.05) is 37.3 Å². The third-order valence-electron chi connectivity index (χ3n) is 4.81. The topological polar surface area (TPSA) is 43.4 Å². The van der Waals surface area contributed by atoms with Gasteiger partial charge in [-0.05, 0) is 70.7 Å². The van der Waals surface area contributed by atoms with E-state index in [2.05, 4.69) is 5.92 Å². The van der Waals surface area contributed by atoms with Gasteiger partial charge in [0.25, 0.3) is 0 Å². The predicted molar refractivity (Wildman–Crippen MR) is 115 cm³/mol. The van der Waals surface area contributed by atoms with Crippen LogP contribution in [0.4, 0.5) is 4.39 Å². The van der Waals surface area contributed by atoms with Crippen molar-refractivity contribution >= 4 is 34.0 Å². The molecule has 0 bridgehead atoms. The van der Waals surface area contributed by atoms with E-state index in [0.717, 1.165) is 32.7 Å². The zero-order valence-electron chi connectivity index (χ0n) is 16.3. The molecule has 0 aromatic heterocycles. The molecule has 0 N–H and O–H groups in total. The Labute approximate surface area is 172 Å². The van der Waals surface area contributed by atoms with Crippen molar-refractivity contribution in [1.29, 1.82) is 0 Å². The van der Waals surface area contributed by atoms with E-state index >= 15 is 0 Å². The summed E-state index contributed by atoms with van der Waals surface area (Å²) in [6.07, 6.45) is 9.22. The van der Waals surface area contributed by atoms with Crippen molar-refractivity contribution in [3.05, 3.63) is 70.5 Å². The maximum atomic E-state index is 13.9. The lowest BCUT2D eigenvalue weighted by molar-refractivity contribution is -0.142. The first-order chi connectivity index (χ1) is 13.9. The summed E-state index contributed by atoms with van der Waals surface area (Å²) in [4.78, 5) is 13.0. The van der Waals surface area contributed by atoms with Crippen LogP contribution in [-0.2, 0) is 20.3 Å². The van der Waals surface area contributed by atoms with Crippen LogP contribution in [0, 0.1) is 18.2 Å². The van der Waals surface area contributed by atoms with Crippen molar-refractivity contribution in [3.63, 3.8) is 0 Å². The minimum absolute atomic E-state index is 0.0535. The summed E-state index contributed by atoms with van der Waals surface area (Å²) in [5.41, 5.74) is 5.09. The number of halogens is 1. The van der Waals surface area contributed by atoms with Gasteiger partial charge >= 0.3 is 5.97 Å². The van der Waals surface area contributed by atoms with Crippen LogP contribution in [0.5, 0.6) is 0 Å². The summed E-state index contributed by atoms with van der Waals surface area (Å²) < 4.78 is 30.7. The Morgan fingerprint density at radius 3 is 2.59 bits per heavy atom. The molecule has 3 rings (SSSR count). The van der Waals surface area contributed by atoms with Crippen molar-refractivity contribution in [2.24, 2.45) is 0 Å². The molecule has 1 aliphatic carbocycles. The van der Waals surface area contributed by atoms with E-state index in [1.54, 1.807) is 12.3 Å². The van der Waals surface area contributed by atoms with Crippen LogP contribution in [0.3, 0.4) is 0 Å². The lowest BCUT2D eigenvalue weighted by Gasteiger charge is -2.07. The highest BCUT2D eigenvalue weighted by Gasteiger charge is 2.26. The Bertz CT molecular complexity index is 1070. The van der Waals surface area contributed by atoms with Gasteiger partial charge in [0.2, 0.25) is 0 Å². The zero-order valence-corrected chi connectivity index (χ0v) is 17.1. The number of hydrogen-bond acceptors (Lipinski definition) is 3. The smallest absolute Gasteiger partial charge is 0.310 e. The number of rotatable bonds is 6. The summed E-state index contributed by atoms with van der Waals surface area (Å²) in [6, 6.07) is 12.0. The second-order valence-corrected chi connectivity index (χ2v) is 8.11. The summed E-state index contributed by atoms with van der Waals surface area (Å²) >= 11 is 0. The van der Waals surface area contributed by atoms with Gasteiger partial charge in [0.1, 0.15) is 12.4 Å². The Morgan fingerprint density at radius 1 is 1.21 bits per heavy atom. The van der Waals surface area contributed by atoms with Crippen molar-refractivity contribution in [1.82, 2.24) is 0 Å². The lowest BCUT2D eigenvalue weighted by Crippen LogP contribution is -2.06. The summed E-state index contributed by atoms with van der Waals surface area (Å²) in [7, 11) is -1.04. The molecule has 3 nitrogen and oxygen atoms in total. The first-order valence-electron chi connectivity index (χ1n) is 9.15. The third-order valence-corrected chi connectivity index (χ3v) is 5.74. The van der Waals surface area contributed by atoms with Gasteiger partial charge in [-0.25, -0.2) is 4.39 Å². The van der Waals surface area contributed by atoms with Gasteiger partial charge in [-0.3, -0.25) is 9.00 Å². The first kappa shape index (κ1) is 20.8. The molecule has 5 heteroatoms. The SMILES string of the molecule is C#CCCOC(=O)CC1=C(C)/C(=C/c2ccc(S(C)=O)cc2)c2ccc(F)cc21. The molecule has 0 aliphatic heterocycles. The monoisotopic (exact) mass is 408 g/mol. The number of carbonyl (C=O) groups excluding carboxylic acids is 1. The predicted octanol–water partition coefficient (Wildman–Crippen LogP) is 4.85. The molecule has 1 aliphatic rings. The molecule has 0 saturated heterocycles. The van der Waals surface area contributed by atoms with Gasteiger partial charge in [-0.1, -0.05) is 18.2 Å². The number of allylic oxidation sites excluding steroid dienone is 2. The quantitative estimate of drug-likeness (QED) is 0.390. The standard InChI is InChI=1S/C24H21FO3S/c1-4-5-12-28-24(26)15-22-16(2)21(20-11-8-18(25)14-23(20)22)13-17-6-9-19(10-7-17)29(3)27/h1,6-11,13-14H,5,12,15H2,2-3H3/b21-13-. The normalized spacial score (nSPS) is 15.2. The Balaban J connectivity index is 1.97. The van der Waals surface area contributed by atoms with E-state index in [0.29, 0.717) is 12.0 Å². The van der Waals surface area contributed by atoms with Gasteiger partial charge in [0, 0.05) is 28.4 Å². The average Bonchev–Trinajstić information content (AvgIpc) is 2.94. The molecular formula is C24H21FO3S. The first-order valence-corrected chi connectivity index (χ1v) is 10.7. The van der Waals surface area contributed by atoms with Crippen molar-refractivity contribution in [2.75, 3.05) is 12.9 Å². The van der Waals surface area contributed by atoms with Crippen LogP contribution in [0.15, 0.2) is 52.9 Å². The minimum Gasteiger partial charge on any atom is -0.464 e. The number of hydrogen-bond donors (Lipinski definition) is 0. The van der Waals surface area contributed by atoms with Crippen molar-refractivity contribution in [2.45, 2.75) is 24.7 Å². The summed E-state index contributed by atoms with van der Waals surface area (Å²) in [6.45, 7) is 2.09. The van der Waals surface area contributed by atoms with Crippen LogP contribution >= 0.6 is 0 Å². The lowest BCUT2D eigenvalue weighted by atomic mass is 10.0. The number of terminal acetylenes is 1. The number of benzene rings is 2. The molecule has 0 heterocycles. The molecule has 0 spiro atoms. The van der Waals surface area contributed by atoms with Crippen molar-refractivity contribution < 1.29 is 18.1 Å². The third kappa shape index (κ3) is 4.72. The van der Waals surface area contributed by atoms with Gasteiger partial charge in [-0.2, -0.15) is 0 Å². The highest BCUT2D eigenvalue weighted by molar-refractivity contribution is 7.84. The molecule has 29 heavy (non-hydrogen) atoms. The Morgan fingerprint density at radius 2 is 1.93 bits per heavy atom. The Kier molecular flexibility index (Phi) is 6.46. The zero-order chi connectivity index (χ0) is 21.0. The molecule has 2 aromatic carbocycles. The molecule has 2 aromatic rings. The second kappa shape index (κ2) is 9.02. The fourth-order valence-electron chi connectivity index (χ4n) is 3.32. The highest BCUT2D eigenvalue weighted by Crippen LogP contribution is 2.44. The van der Waals surface area contributed by atoms with Gasteiger partial charge < -0.3 is 4.74 Å². The van der Waals surface area contributed by atoms with E-state index in [1.165, 1.54) is 12.1 Å². The number of fused-ring (bicyclic) bond motifs is 1. The highest BCUT2D eigenvalue weighted by atomic mass is 32.2. The van der Waals surface area contributed by atoms with E-state index in [-0.39, 0.29) is 24.8 Å². The Hall–Kier alpha value is -2.97. The summed E-state index contributed by atoms with van der Waals surface area (Å²) in [5, 5.41) is 0. The molecule has 1 atom stereocenters. The van der Waals surface area contributed by atoms with Crippen LogP contribution in [0.1, 0.15) is 36.5 Å². The fourth-order valence-corrected chi connectivity index (χ4v) is 3.84. The van der Waals surface area contributed by atoms with Crippen molar-refractivity contribution in [3.8, 4) is 12.3 Å². The van der Waals surface area contributed by atoms with Gasteiger partial charge in [0.05, 0.1) is 6.42 Å². The van der Waals surface area contributed by atoms with Crippen LogP contribution in [0.25, 0.3) is 17.2 Å². The molecule has 0 saturated carbocycles. The average molecular weight is 408 g/mol. The molecule has 0 amide bonds. The molecule has 148 valence electrons. The maximum Gasteiger partial charge on any atom is 0.310 e. The fraction of sp³-hybridized carbons (Fsp3) is 0.208. The second-order valence-electron chi connectivity index (χ2n) is 6.73. The van der Waals surface area contributed by atoms with Crippen LogP contribution < -0.4 is 0 Å². The maximum absolute atomic E-state index is 13.9. The molecule has 1 unspecified atom stereocenters. The molecule has 0 radical (unpaired) electrons. The van der Waals surface area contributed by atoms with Gasteiger partial charge in [0.15, 0.2) is 0 Å². The molecule has 0 fully saturated rings.